The van der Waals surface area contributed by atoms with Crippen LogP contribution >= 0.6 is 22.7 Å². The summed E-state index contributed by atoms with van der Waals surface area (Å²) in [7, 11) is 0. The fourth-order valence-electron chi connectivity index (χ4n) is 8.08. The first-order valence-electron chi connectivity index (χ1n) is 17.3. The van der Waals surface area contributed by atoms with Gasteiger partial charge in [-0.25, -0.2) is 0 Å². The molecule has 6 heterocycles. The topological polar surface area (TPSA) is 63.2 Å². The lowest BCUT2D eigenvalue weighted by molar-refractivity contribution is 0.175. The van der Waals surface area contributed by atoms with Crippen molar-refractivity contribution in [3.63, 3.8) is 0 Å². The van der Waals surface area contributed by atoms with E-state index in [9.17, 15) is 0 Å². The van der Waals surface area contributed by atoms with E-state index >= 15 is 0 Å². The molecule has 250 valence electrons. The van der Waals surface area contributed by atoms with Gasteiger partial charge in [0, 0.05) is 33.0 Å². The summed E-state index contributed by atoms with van der Waals surface area (Å²) >= 11 is 3.41. The van der Waals surface area contributed by atoms with Crippen molar-refractivity contribution in [1.82, 2.24) is 0 Å². The van der Waals surface area contributed by atoms with Gasteiger partial charge in [-0.2, -0.15) is 0 Å². The number of thiophene rings is 2. The van der Waals surface area contributed by atoms with E-state index in [1.54, 1.807) is 22.7 Å². The smallest absolute Gasteiger partial charge is 0.180 e. The summed E-state index contributed by atoms with van der Waals surface area (Å²) in [5.41, 5.74) is 9.72. The van der Waals surface area contributed by atoms with Gasteiger partial charge in [-0.3, -0.25) is 0 Å². The van der Waals surface area contributed by atoms with Crippen molar-refractivity contribution in [1.29, 1.82) is 0 Å². The zero-order chi connectivity index (χ0) is 33.9. The second kappa shape index (κ2) is 10.8. The number of fused-ring (bicyclic) bond motifs is 2. The molecule has 8 heteroatoms. The Morgan fingerprint density at radius 1 is 0.365 bits per heavy atom. The van der Waals surface area contributed by atoms with Crippen molar-refractivity contribution in [3.8, 4) is 75.9 Å². The lowest BCUT2D eigenvalue weighted by atomic mass is 9.87. The van der Waals surface area contributed by atoms with Gasteiger partial charge in [0.15, 0.2) is 23.0 Å². The Kier molecular flexibility index (Phi) is 5.95. The van der Waals surface area contributed by atoms with Gasteiger partial charge in [-0.15, -0.1) is 22.7 Å². The Morgan fingerprint density at radius 2 is 0.750 bits per heavy atom. The molecule has 0 unspecified atom stereocenters. The lowest BCUT2D eigenvalue weighted by Crippen LogP contribution is -2.14. The molecule has 6 aromatic carbocycles. The standard InChI is InChI=1S/C44H26O6S2/c1-3-7-23(8-4-1)41-37-39(47-21-19-45-37)43(51-41)27-13-17-29-33-25(27)11-15-31-35(33)36-32(49-29)16-12-26-28(14-18-30(50-31)34(26)36)44-40-38(46-20-22-48-40)42(52-44)24-9-5-2-6-10-24/h1-18H,19-22H2. The average Bonchev–Trinajstić information content (AvgIpc) is 3.79. The lowest BCUT2D eigenvalue weighted by Gasteiger charge is -2.22. The van der Waals surface area contributed by atoms with E-state index in [1.165, 1.54) is 0 Å². The van der Waals surface area contributed by atoms with Gasteiger partial charge in [0.1, 0.15) is 48.8 Å². The maximum Gasteiger partial charge on any atom is 0.180 e. The monoisotopic (exact) mass is 714 g/mol. The van der Waals surface area contributed by atoms with Crippen LogP contribution in [0.5, 0.6) is 23.0 Å². The van der Waals surface area contributed by atoms with E-state index in [4.69, 9.17) is 27.8 Å². The van der Waals surface area contributed by atoms with Gasteiger partial charge in [0.05, 0.1) is 19.5 Å². The van der Waals surface area contributed by atoms with Crippen molar-refractivity contribution < 1.29 is 27.8 Å². The van der Waals surface area contributed by atoms with Crippen LogP contribution in [0.4, 0.5) is 0 Å². The molecule has 2 aromatic heterocycles. The van der Waals surface area contributed by atoms with Crippen LogP contribution < -0.4 is 18.9 Å². The first-order valence-corrected chi connectivity index (χ1v) is 19.0. The van der Waals surface area contributed by atoms with Crippen molar-refractivity contribution in [2.75, 3.05) is 26.4 Å². The van der Waals surface area contributed by atoms with Crippen LogP contribution in [-0.4, -0.2) is 26.4 Å². The highest BCUT2D eigenvalue weighted by atomic mass is 32.1. The van der Waals surface area contributed by atoms with Gasteiger partial charge in [0.25, 0.3) is 0 Å². The van der Waals surface area contributed by atoms with Crippen LogP contribution in [0.3, 0.4) is 0 Å². The normalized spacial score (nSPS) is 14.1. The van der Waals surface area contributed by atoms with Crippen LogP contribution in [0, 0.1) is 0 Å². The van der Waals surface area contributed by atoms with Gasteiger partial charge in [0.2, 0.25) is 0 Å². The highest BCUT2D eigenvalue weighted by Gasteiger charge is 2.32. The van der Waals surface area contributed by atoms with Crippen molar-refractivity contribution in [2.45, 2.75) is 0 Å². The Bertz CT molecular complexity index is 2760. The quantitative estimate of drug-likeness (QED) is 0.134. The average molecular weight is 715 g/mol. The number of ether oxygens (including phenoxy) is 4. The zero-order valence-corrected chi connectivity index (χ0v) is 29.1. The first-order chi connectivity index (χ1) is 25.8. The molecule has 12 rings (SSSR count). The third-order valence-electron chi connectivity index (χ3n) is 10.3. The highest BCUT2D eigenvalue weighted by Crippen LogP contribution is 2.58. The van der Waals surface area contributed by atoms with Crippen LogP contribution in [-0.2, 0) is 0 Å². The minimum atomic E-state index is 0.509. The molecular formula is C44H26O6S2. The van der Waals surface area contributed by atoms with Crippen molar-refractivity contribution >= 4 is 66.6 Å². The van der Waals surface area contributed by atoms with E-state index in [0.717, 1.165) is 120 Å². The van der Waals surface area contributed by atoms with Crippen molar-refractivity contribution in [2.24, 2.45) is 0 Å². The highest BCUT2D eigenvalue weighted by molar-refractivity contribution is 7.20. The number of hydrogen-bond acceptors (Lipinski definition) is 8. The first kappa shape index (κ1) is 28.7. The summed E-state index contributed by atoms with van der Waals surface area (Å²) in [6.07, 6.45) is 0. The number of benzene rings is 6. The second-order valence-corrected chi connectivity index (χ2v) is 15.2. The van der Waals surface area contributed by atoms with E-state index in [2.05, 4.69) is 97.1 Å². The Morgan fingerprint density at radius 3 is 1.17 bits per heavy atom. The Hall–Kier alpha value is -5.96. The molecule has 0 aliphatic carbocycles. The third kappa shape index (κ3) is 3.93. The molecule has 0 fully saturated rings. The Labute approximate surface area is 304 Å². The SMILES string of the molecule is c1ccc(-c2sc(-c3ccc4oc5ccc6c(-c7sc(-c8ccccc8)c8c7OCCO8)ccc7oc8ccc3c4c8-c5c76)c3c2OCCO3)cc1. The fourth-order valence-corrected chi connectivity index (χ4v) is 10.5. The largest absolute Gasteiger partial charge is 0.485 e. The van der Waals surface area contributed by atoms with E-state index in [1.807, 2.05) is 12.1 Å². The molecule has 0 atom stereocenters. The molecule has 0 spiro atoms. The Balaban J connectivity index is 1.10. The molecule has 0 saturated heterocycles. The summed E-state index contributed by atoms with van der Waals surface area (Å²) in [5.74, 6) is 3.23. The van der Waals surface area contributed by atoms with Gasteiger partial charge in [-0.1, -0.05) is 60.7 Å². The molecule has 6 nitrogen and oxygen atoms in total. The molecule has 8 aromatic rings. The summed E-state index contributed by atoms with van der Waals surface area (Å²) in [6, 6.07) is 37.7. The summed E-state index contributed by atoms with van der Waals surface area (Å²) in [4.78, 5) is 4.23. The zero-order valence-electron chi connectivity index (χ0n) is 27.5. The number of hydrogen-bond donors (Lipinski definition) is 0. The predicted octanol–water partition coefficient (Wildman–Crippen LogP) is 12.4. The van der Waals surface area contributed by atoms with Crippen LogP contribution in [0.15, 0.2) is 118 Å². The molecule has 0 N–H and O–H groups in total. The van der Waals surface area contributed by atoms with Crippen LogP contribution in [0.1, 0.15) is 0 Å². The van der Waals surface area contributed by atoms with Crippen molar-refractivity contribution in [3.05, 3.63) is 109 Å². The molecule has 0 saturated carbocycles. The van der Waals surface area contributed by atoms with Crippen LogP contribution in [0.2, 0.25) is 0 Å². The van der Waals surface area contributed by atoms with Gasteiger partial charge < -0.3 is 27.8 Å². The fraction of sp³-hybridized carbons (Fsp3) is 0.0909. The van der Waals surface area contributed by atoms with E-state index < -0.39 is 0 Å². The van der Waals surface area contributed by atoms with Gasteiger partial charge in [-0.05, 0) is 70.4 Å². The summed E-state index contributed by atoms with van der Waals surface area (Å²) in [6.45, 7) is 2.07. The molecule has 0 amide bonds. The molecule has 0 bridgehead atoms. The predicted molar refractivity (Wildman–Crippen MR) is 208 cm³/mol. The minimum Gasteiger partial charge on any atom is -0.485 e. The third-order valence-corrected chi connectivity index (χ3v) is 12.7. The maximum absolute atomic E-state index is 6.77. The maximum atomic E-state index is 6.77. The number of rotatable bonds is 4. The molecule has 0 radical (unpaired) electrons. The van der Waals surface area contributed by atoms with E-state index in [0.29, 0.717) is 26.4 Å². The summed E-state index contributed by atoms with van der Waals surface area (Å²) < 4.78 is 38.7. The molecule has 52 heavy (non-hydrogen) atoms. The molecule has 4 aliphatic heterocycles. The molecular weight excluding hydrogens is 689 g/mol. The summed E-state index contributed by atoms with van der Waals surface area (Å²) in [5, 5.41) is 4.21. The second-order valence-electron chi connectivity index (χ2n) is 13.1. The van der Waals surface area contributed by atoms with E-state index in [-0.39, 0.29) is 0 Å². The minimum absolute atomic E-state index is 0.509. The van der Waals surface area contributed by atoms with Crippen LogP contribution in [0.25, 0.3) is 96.8 Å². The molecule has 4 aliphatic rings. The van der Waals surface area contributed by atoms with Gasteiger partial charge >= 0.3 is 0 Å².